The van der Waals surface area contributed by atoms with Crippen molar-refractivity contribution in [2.75, 3.05) is 58.6 Å². The molecule has 270 valence electrons. The molecule has 0 fully saturated rings. The average molecular weight is 718 g/mol. The number of anilines is 2. The molecule has 0 saturated carbocycles. The summed E-state index contributed by atoms with van der Waals surface area (Å²) in [5, 5.41) is 12.4. The number of pyridine rings is 1. The first-order valence-corrected chi connectivity index (χ1v) is 17.6. The van der Waals surface area contributed by atoms with Gasteiger partial charge in [0.25, 0.3) is 16.0 Å². The minimum atomic E-state index is -3.88. The molecule has 0 unspecified atom stereocenters. The SMILES string of the molecule is C=Nc1ccc(N(CCCO)c2cc(OC)cc(OC)c2)cc1N=C(C)c1ccnc(C(=O)NCCOCCOS(=O)(=O)c2ccc(C)cc2)c1. The van der Waals surface area contributed by atoms with E-state index in [1.54, 1.807) is 44.6 Å². The van der Waals surface area contributed by atoms with E-state index in [-0.39, 0.29) is 43.6 Å². The molecule has 2 N–H and O–H groups in total. The maximum atomic E-state index is 12.9. The lowest BCUT2D eigenvalue weighted by atomic mass is 10.1. The highest BCUT2D eigenvalue weighted by molar-refractivity contribution is 7.86. The van der Waals surface area contributed by atoms with Gasteiger partial charge >= 0.3 is 0 Å². The number of ether oxygens (including phenoxy) is 3. The lowest BCUT2D eigenvalue weighted by molar-refractivity contribution is 0.0869. The molecule has 1 amide bonds. The maximum absolute atomic E-state index is 12.9. The number of amides is 1. The Morgan fingerprint density at radius 2 is 1.65 bits per heavy atom. The summed E-state index contributed by atoms with van der Waals surface area (Å²) in [5.74, 6) is 0.840. The summed E-state index contributed by atoms with van der Waals surface area (Å²) in [6.45, 7) is 8.10. The molecule has 0 spiro atoms. The predicted octanol–water partition coefficient (Wildman–Crippen LogP) is 5.55. The largest absolute Gasteiger partial charge is 0.497 e. The monoisotopic (exact) mass is 717 g/mol. The number of hydrogen-bond donors (Lipinski definition) is 2. The zero-order chi connectivity index (χ0) is 36.8. The number of aryl methyl sites for hydroxylation is 1. The van der Waals surface area contributed by atoms with Crippen molar-refractivity contribution < 1.29 is 36.7 Å². The number of carbonyl (C=O) groups excluding carboxylic acids is 1. The normalized spacial score (nSPS) is 11.6. The molecule has 0 saturated heterocycles. The van der Waals surface area contributed by atoms with Crippen LogP contribution in [0.3, 0.4) is 0 Å². The van der Waals surface area contributed by atoms with Gasteiger partial charge in [0, 0.05) is 61.2 Å². The third-order valence-corrected chi connectivity index (χ3v) is 8.96. The number of rotatable bonds is 19. The zero-order valence-corrected chi connectivity index (χ0v) is 30.0. The Kier molecular flexibility index (Phi) is 14.2. The summed E-state index contributed by atoms with van der Waals surface area (Å²) >= 11 is 0. The number of aliphatic imine (C=N–C) groups is 2. The molecule has 4 aromatic rings. The van der Waals surface area contributed by atoms with Crippen LogP contribution in [0.2, 0.25) is 0 Å². The van der Waals surface area contributed by atoms with Crippen LogP contribution in [0.15, 0.2) is 93.9 Å². The first-order chi connectivity index (χ1) is 24.6. The van der Waals surface area contributed by atoms with Gasteiger partial charge < -0.3 is 29.5 Å². The summed E-state index contributed by atoms with van der Waals surface area (Å²) in [6, 6.07) is 20.9. The van der Waals surface area contributed by atoms with Gasteiger partial charge in [0.1, 0.15) is 17.2 Å². The Labute approximate surface area is 298 Å². The number of aliphatic hydroxyl groups is 1. The van der Waals surface area contributed by atoms with Crippen LogP contribution >= 0.6 is 0 Å². The number of carbonyl (C=O) groups is 1. The van der Waals surface area contributed by atoms with E-state index >= 15 is 0 Å². The Hall–Kier alpha value is -5.15. The predicted molar refractivity (Wildman–Crippen MR) is 197 cm³/mol. The smallest absolute Gasteiger partial charge is 0.297 e. The average Bonchev–Trinajstić information content (AvgIpc) is 3.14. The second-order valence-corrected chi connectivity index (χ2v) is 12.8. The topological polar surface area (TPSA) is 161 Å². The van der Waals surface area contributed by atoms with Crippen LogP contribution in [0.5, 0.6) is 11.5 Å². The van der Waals surface area contributed by atoms with E-state index in [1.807, 2.05) is 49.1 Å². The second kappa shape index (κ2) is 18.7. The zero-order valence-electron chi connectivity index (χ0n) is 29.2. The molecule has 0 aliphatic heterocycles. The van der Waals surface area contributed by atoms with Crippen LogP contribution in [0.1, 0.15) is 35.0 Å². The minimum Gasteiger partial charge on any atom is -0.497 e. The van der Waals surface area contributed by atoms with E-state index in [1.165, 1.54) is 18.3 Å². The molecule has 1 heterocycles. The van der Waals surface area contributed by atoms with Gasteiger partial charge in [-0.25, -0.2) is 0 Å². The van der Waals surface area contributed by atoms with Crippen molar-refractivity contribution in [3.8, 4) is 11.5 Å². The van der Waals surface area contributed by atoms with Gasteiger partial charge in [-0.3, -0.25) is 23.9 Å². The standard InChI is InChI=1S/C37H43N5O8S/c1-26-7-10-33(11-8-26)51(45,46)50-20-19-49-18-15-40-37(44)36-21-28(13-14-39-36)27(2)41-35-24-29(9-12-34(35)38-3)42(16-6-17-43)30-22-31(47-4)25-32(23-30)48-5/h7-14,21-25,43H,3,6,15-20H2,1-2,4-5H3,(H,40,44). The first-order valence-electron chi connectivity index (χ1n) is 16.1. The van der Waals surface area contributed by atoms with Gasteiger partial charge in [0.15, 0.2) is 0 Å². The quantitative estimate of drug-likeness (QED) is 0.0715. The van der Waals surface area contributed by atoms with Crippen molar-refractivity contribution in [2.45, 2.75) is 25.2 Å². The van der Waals surface area contributed by atoms with Crippen molar-refractivity contribution in [3.05, 3.63) is 95.8 Å². The van der Waals surface area contributed by atoms with Gasteiger partial charge in [-0.05, 0) is 75.0 Å². The maximum Gasteiger partial charge on any atom is 0.297 e. The molecule has 13 nitrogen and oxygen atoms in total. The number of nitrogens with zero attached hydrogens (tertiary/aromatic N) is 4. The van der Waals surface area contributed by atoms with E-state index in [2.05, 4.69) is 22.0 Å². The number of nitrogens with one attached hydrogen (secondary N) is 1. The fourth-order valence-corrected chi connectivity index (χ4v) is 5.81. The fraction of sp³-hybridized carbons (Fsp3) is 0.297. The molecule has 3 aromatic carbocycles. The van der Waals surface area contributed by atoms with Crippen LogP contribution in [0.4, 0.5) is 22.7 Å². The van der Waals surface area contributed by atoms with Crippen molar-refractivity contribution >= 4 is 51.2 Å². The highest BCUT2D eigenvalue weighted by atomic mass is 32.2. The van der Waals surface area contributed by atoms with Crippen molar-refractivity contribution in [1.82, 2.24) is 10.3 Å². The molecule has 51 heavy (non-hydrogen) atoms. The minimum absolute atomic E-state index is 0.00929. The molecular formula is C37H43N5O8S. The van der Waals surface area contributed by atoms with Crippen LogP contribution < -0.4 is 19.7 Å². The molecule has 1 aromatic heterocycles. The number of aromatic nitrogens is 1. The molecule has 0 bridgehead atoms. The summed E-state index contributed by atoms with van der Waals surface area (Å²) in [4.78, 5) is 28.2. The van der Waals surface area contributed by atoms with E-state index in [0.29, 0.717) is 47.1 Å². The van der Waals surface area contributed by atoms with E-state index in [0.717, 1.165) is 16.9 Å². The van der Waals surface area contributed by atoms with Crippen molar-refractivity contribution in [1.29, 1.82) is 0 Å². The molecule has 0 radical (unpaired) electrons. The molecular weight excluding hydrogens is 675 g/mol. The highest BCUT2D eigenvalue weighted by Crippen LogP contribution is 2.38. The number of methoxy groups -OCH3 is 2. The number of hydrogen-bond acceptors (Lipinski definition) is 12. The van der Waals surface area contributed by atoms with E-state index < -0.39 is 16.0 Å². The Morgan fingerprint density at radius 3 is 2.31 bits per heavy atom. The van der Waals surface area contributed by atoms with E-state index in [9.17, 15) is 18.3 Å². The Morgan fingerprint density at radius 1 is 0.922 bits per heavy atom. The van der Waals surface area contributed by atoms with Crippen LogP contribution in [-0.2, 0) is 19.0 Å². The Bertz CT molecular complexity index is 1910. The molecule has 14 heteroatoms. The summed E-state index contributed by atoms with van der Waals surface area (Å²) in [5.41, 5.74) is 5.14. The van der Waals surface area contributed by atoms with Crippen molar-refractivity contribution in [3.63, 3.8) is 0 Å². The molecule has 4 rings (SSSR count). The highest BCUT2D eigenvalue weighted by Gasteiger charge is 2.17. The van der Waals surface area contributed by atoms with Crippen molar-refractivity contribution in [2.24, 2.45) is 9.98 Å². The lowest BCUT2D eigenvalue weighted by Gasteiger charge is -2.26. The van der Waals surface area contributed by atoms with Gasteiger partial charge in [-0.1, -0.05) is 17.7 Å². The van der Waals surface area contributed by atoms with Crippen LogP contribution in [0, 0.1) is 6.92 Å². The summed E-state index contributed by atoms with van der Waals surface area (Å²) in [7, 11) is -0.702. The van der Waals surface area contributed by atoms with Crippen LogP contribution in [-0.4, -0.2) is 90.6 Å². The molecule has 0 aliphatic carbocycles. The summed E-state index contributed by atoms with van der Waals surface area (Å²) < 4.78 is 46.0. The first kappa shape index (κ1) is 38.6. The lowest BCUT2D eigenvalue weighted by Crippen LogP contribution is -2.28. The van der Waals surface area contributed by atoms with Gasteiger partial charge in [-0.2, -0.15) is 8.42 Å². The second-order valence-electron chi connectivity index (χ2n) is 11.2. The number of benzene rings is 3. The molecule has 0 aliphatic rings. The van der Waals surface area contributed by atoms with Gasteiger partial charge in [-0.15, -0.1) is 0 Å². The Balaban J connectivity index is 1.40. The fourth-order valence-electron chi connectivity index (χ4n) is 4.92. The summed E-state index contributed by atoms with van der Waals surface area (Å²) in [6.07, 6.45) is 2.04. The molecule has 0 atom stereocenters. The van der Waals surface area contributed by atoms with Gasteiger partial charge in [0.2, 0.25) is 0 Å². The van der Waals surface area contributed by atoms with E-state index in [4.69, 9.17) is 23.4 Å². The van der Waals surface area contributed by atoms with Crippen LogP contribution in [0.25, 0.3) is 0 Å². The number of aliphatic hydroxyl groups excluding tert-OH is 1. The third kappa shape index (κ3) is 10.9. The van der Waals surface area contributed by atoms with Gasteiger partial charge in [0.05, 0.1) is 50.3 Å². The third-order valence-electron chi connectivity index (χ3n) is 7.64.